The molecule has 0 saturated heterocycles. The second-order valence-electron chi connectivity index (χ2n) is 5.84. The van der Waals surface area contributed by atoms with Gasteiger partial charge in [-0.3, -0.25) is 5.43 Å². The van der Waals surface area contributed by atoms with Crippen LogP contribution in [-0.2, 0) is 0 Å². The number of nitrogens with one attached hydrogen (secondary N) is 2. The molecule has 0 amide bonds. The fourth-order valence-corrected chi connectivity index (χ4v) is 3.01. The molecule has 2 aromatic rings. The number of hydrazone groups is 1. The summed E-state index contributed by atoms with van der Waals surface area (Å²) in [4.78, 5) is 2.35. The van der Waals surface area contributed by atoms with E-state index in [9.17, 15) is 0 Å². The molecule has 0 aromatic heterocycles. The molecule has 0 bridgehead atoms. The first-order valence-corrected chi connectivity index (χ1v) is 9.64. The zero-order valence-corrected chi connectivity index (χ0v) is 17.4. The van der Waals surface area contributed by atoms with Gasteiger partial charge in [-0.15, -0.1) is 0 Å². The molecule has 2 N–H and O–H groups in total. The van der Waals surface area contributed by atoms with Crippen LogP contribution in [0.25, 0.3) is 0 Å². The Labute approximate surface area is 171 Å². The highest BCUT2D eigenvalue weighted by Gasteiger charge is 2.04. The van der Waals surface area contributed by atoms with Crippen LogP contribution in [-0.4, -0.2) is 31.5 Å². The van der Waals surface area contributed by atoms with Crippen LogP contribution in [0, 0.1) is 0 Å². The van der Waals surface area contributed by atoms with Crippen LogP contribution in [0.2, 0.25) is 5.02 Å². The Morgan fingerprint density at radius 3 is 2.56 bits per heavy atom. The van der Waals surface area contributed by atoms with Gasteiger partial charge in [-0.25, -0.2) is 0 Å². The van der Waals surface area contributed by atoms with Gasteiger partial charge in [0.05, 0.1) is 18.3 Å². The number of thiocarbonyl (C=S) groups is 1. The second-order valence-corrected chi connectivity index (χ2v) is 6.66. The summed E-state index contributed by atoms with van der Waals surface area (Å²) in [6.45, 7) is 6.41. The lowest BCUT2D eigenvalue weighted by Crippen LogP contribution is -2.24. The first kappa shape index (κ1) is 21.0. The lowest BCUT2D eigenvalue weighted by molar-refractivity contribution is 0.415. The van der Waals surface area contributed by atoms with Gasteiger partial charge in [0.1, 0.15) is 5.75 Å². The molecule has 5 nitrogen and oxygen atoms in total. The van der Waals surface area contributed by atoms with Gasteiger partial charge in [0.25, 0.3) is 0 Å². The highest BCUT2D eigenvalue weighted by Crippen LogP contribution is 2.27. The van der Waals surface area contributed by atoms with E-state index in [1.807, 2.05) is 18.2 Å². The number of hydrogen-bond donors (Lipinski definition) is 2. The van der Waals surface area contributed by atoms with E-state index in [0.29, 0.717) is 15.9 Å². The maximum absolute atomic E-state index is 6.10. The third kappa shape index (κ3) is 6.41. The third-order valence-corrected chi connectivity index (χ3v) is 4.41. The van der Waals surface area contributed by atoms with E-state index in [-0.39, 0.29) is 0 Å². The van der Waals surface area contributed by atoms with Gasteiger partial charge in [-0.2, -0.15) is 5.10 Å². The predicted molar refractivity (Wildman–Crippen MR) is 120 cm³/mol. The Hall–Kier alpha value is -2.31. The van der Waals surface area contributed by atoms with Crippen LogP contribution < -0.4 is 20.4 Å². The minimum absolute atomic E-state index is 0.379. The Balaban J connectivity index is 1.89. The SMILES string of the molecule is CCCN(CC)c1ccc(/C=N\NC(=S)Nc2ccc(OC)c(Cl)c2)cc1. The highest BCUT2D eigenvalue weighted by atomic mass is 35.5. The van der Waals surface area contributed by atoms with Crippen LogP contribution in [0.3, 0.4) is 0 Å². The minimum Gasteiger partial charge on any atom is -0.495 e. The van der Waals surface area contributed by atoms with Gasteiger partial charge in [0.15, 0.2) is 5.11 Å². The number of nitrogens with zero attached hydrogens (tertiary/aromatic N) is 2. The Morgan fingerprint density at radius 1 is 1.22 bits per heavy atom. The van der Waals surface area contributed by atoms with E-state index in [2.05, 4.69) is 46.7 Å². The standard InChI is InChI=1S/C20H25ClN4OS/c1-4-12-25(5-2)17-9-6-15(7-10-17)14-22-24-20(27)23-16-8-11-19(26-3)18(21)13-16/h6-11,13-14H,4-5,12H2,1-3H3,(H2,23,24,27)/b22-14-. The Bertz CT molecular complexity index is 780. The van der Waals surface area contributed by atoms with Crippen molar-refractivity contribution in [1.82, 2.24) is 5.43 Å². The van der Waals surface area contributed by atoms with Crippen molar-refractivity contribution in [2.45, 2.75) is 20.3 Å². The summed E-state index contributed by atoms with van der Waals surface area (Å²) >= 11 is 11.3. The van der Waals surface area contributed by atoms with E-state index in [1.165, 1.54) is 5.69 Å². The molecule has 7 heteroatoms. The van der Waals surface area contributed by atoms with Crippen molar-refractivity contribution in [2.75, 3.05) is 30.4 Å². The summed E-state index contributed by atoms with van der Waals surface area (Å²) in [5, 5.41) is 8.09. The molecule has 2 rings (SSSR count). The molecular weight excluding hydrogens is 380 g/mol. The normalized spacial score (nSPS) is 10.7. The van der Waals surface area contributed by atoms with Crippen molar-refractivity contribution >= 4 is 46.5 Å². The lowest BCUT2D eigenvalue weighted by Gasteiger charge is -2.22. The van der Waals surface area contributed by atoms with Crippen LogP contribution >= 0.6 is 23.8 Å². The zero-order valence-electron chi connectivity index (χ0n) is 15.8. The maximum Gasteiger partial charge on any atom is 0.191 e. The molecule has 0 heterocycles. The van der Waals surface area contributed by atoms with Gasteiger partial charge in [-0.05, 0) is 61.5 Å². The molecule has 0 aliphatic heterocycles. The minimum atomic E-state index is 0.379. The summed E-state index contributed by atoms with van der Waals surface area (Å²) in [5.74, 6) is 0.614. The third-order valence-electron chi connectivity index (χ3n) is 3.92. The quantitative estimate of drug-likeness (QED) is 0.372. The smallest absolute Gasteiger partial charge is 0.191 e. The molecule has 2 aromatic carbocycles. The number of anilines is 2. The largest absolute Gasteiger partial charge is 0.495 e. The number of hydrogen-bond acceptors (Lipinski definition) is 4. The van der Waals surface area contributed by atoms with Crippen LogP contribution in [0.15, 0.2) is 47.6 Å². The van der Waals surface area contributed by atoms with Gasteiger partial charge in [0, 0.05) is 24.5 Å². The molecule has 0 spiro atoms. The summed E-state index contributed by atoms with van der Waals surface area (Å²) < 4.78 is 5.13. The molecule has 0 fully saturated rings. The zero-order chi connectivity index (χ0) is 19.6. The van der Waals surface area contributed by atoms with E-state index < -0.39 is 0 Å². The predicted octanol–water partition coefficient (Wildman–Crippen LogP) is 4.91. The van der Waals surface area contributed by atoms with E-state index in [4.69, 9.17) is 28.6 Å². The molecule has 27 heavy (non-hydrogen) atoms. The van der Waals surface area contributed by atoms with Crippen molar-refractivity contribution < 1.29 is 4.74 Å². The van der Waals surface area contributed by atoms with Gasteiger partial charge >= 0.3 is 0 Å². The highest BCUT2D eigenvalue weighted by molar-refractivity contribution is 7.80. The van der Waals surface area contributed by atoms with E-state index >= 15 is 0 Å². The number of benzene rings is 2. The molecule has 0 atom stereocenters. The summed E-state index contributed by atoms with van der Waals surface area (Å²) in [6.07, 6.45) is 2.86. The molecule has 0 radical (unpaired) electrons. The number of rotatable bonds is 8. The average molecular weight is 405 g/mol. The lowest BCUT2D eigenvalue weighted by atomic mass is 10.2. The van der Waals surface area contributed by atoms with Gasteiger partial charge < -0.3 is 15.0 Å². The summed E-state index contributed by atoms with van der Waals surface area (Å²) in [5.41, 5.74) is 5.77. The van der Waals surface area contributed by atoms with E-state index in [1.54, 1.807) is 25.5 Å². The monoisotopic (exact) mass is 404 g/mol. The first-order valence-electron chi connectivity index (χ1n) is 8.86. The van der Waals surface area contributed by atoms with Gasteiger partial charge in [0.2, 0.25) is 0 Å². The fourth-order valence-electron chi connectivity index (χ4n) is 2.58. The number of ether oxygens (including phenoxy) is 1. The van der Waals surface area contributed by atoms with Gasteiger partial charge in [-0.1, -0.05) is 30.7 Å². The number of halogens is 1. The summed E-state index contributed by atoms with van der Waals surface area (Å²) in [7, 11) is 1.57. The van der Waals surface area contributed by atoms with Crippen LogP contribution in [0.1, 0.15) is 25.8 Å². The topological polar surface area (TPSA) is 48.9 Å². The molecule has 0 unspecified atom stereocenters. The van der Waals surface area contributed by atoms with Crippen molar-refractivity contribution in [1.29, 1.82) is 0 Å². The van der Waals surface area contributed by atoms with Crippen molar-refractivity contribution in [2.24, 2.45) is 5.10 Å². The van der Waals surface area contributed by atoms with Crippen molar-refractivity contribution in [3.63, 3.8) is 0 Å². The molecule has 0 aliphatic rings. The summed E-state index contributed by atoms with van der Waals surface area (Å²) in [6, 6.07) is 13.6. The Morgan fingerprint density at radius 2 is 1.96 bits per heavy atom. The average Bonchev–Trinajstić information content (AvgIpc) is 2.67. The first-order chi connectivity index (χ1) is 13.1. The molecular formula is C20H25ClN4OS. The Kier molecular flexibility index (Phi) is 8.36. The van der Waals surface area contributed by atoms with Crippen molar-refractivity contribution in [3.05, 3.63) is 53.1 Å². The second kappa shape index (κ2) is 10.7. The number of methoxy groups -OCH3 is 1. The van der Waals surface area contributed by atoms with Crippen molar-refractivity contribution in [3.8, 4) is 5.75 Å². The maximum atomic E-state index is 6.10. The molecule has 144 valence electrons. The molecule has 0 saturated carbocycles. The molecule has 0 aliphatic carbocycles. The fraction of sp³-hybridized carbons (Fsp3) is 0.300. The van der Waals surface area contributed by atoms with Crippen LogP contribution in [0.5, 0.6) is 5.75 Å². The van der Waals surface area contributed by atoms with Crippen LogP contribution in [0.4, 0.5) is 11.4 Å². The van der Waals surface area contributed by atoms with E-state index in [0.717, 1.165) is 30.8 Å².